The molecule has 0 spiro atoms. The molecule has 6 heteroatoms. The molecule has 0 aliphatic carbocycles. The van der Waals surface area contributed by atoms with Crippen molar-refractivity contribution in [3.63, 3.8) is 0 Å². The van der Waals surface area contributed by atoms with Gasteiger partial charge < -0.3 is 9.47 Å². The maximum Gasteiger partial charge on any atom is 0.343 e. The van der Waals surface area contributed by atoms with Gasteiger partial charge in [0, 0.05) is 12.1 Å². The van der Waals surface area contributed by atoms with Crippen molar-refractivity contribution in [1.82, 2.24) is 4.98 Å². The molecule has 1 aromatic heterocycles. The molecule has 0 unspecified atom stereocenters. The van der Waals surface area contributed by atoms with Crippen LogP contribution >= 0.6 is 0 Å². The van der Waals surface area contributed by atoms with E-state index >= 15 is 0 Å². The summed E-state index contributed by atoms with van der Waals surface area (Å²) in [7, 11) is 1.42. The lowest BCUT2D eigenvalue weighted by Crippen LogP contribution is -2.10. The van der Waals surface area contributed by atoms with E-state index in [0.717, 1.165) is 12.1 Å². The van der Waals surface area contributed by atoms with Gasteiger partial charge in [-0.15, -0.1) is 0 Å². The van der Waals surface area contributed by atoms with Gasteiger partial charge in [0.1, 0.15) is 0 Å². The van der Waals surface area contributed by atoms with Crippen molar-refractivity contribution in [2.24, 2.45) is 0 Å². The highest BCUT2D eigenvalue weighted by Crippen LogP contribution is 2.26. The van der Waals surface area contributed by atoms with Crippen LogP contribution in [-0.2, 0) is 0 Å². The van der Waals surface area contributed by atoms with E-state index in [1.807, 2.05) is 0 Å². The fraction of sp³-hybridized carbons (Fsp3) is 0.0769. The number of ether oxygens (including phenoxy) is 2. The van der Waals surface area contributed by atoms with Crippen LogP contribution < -0.4 is 9.47 Å². The number of nitrogens with zero attached hydrogens (tertiary/aromatic N) is 1. The smallest absolute Gasteiger partial charge is 0.343 e. The molecular weight excluding hydrogens is 256 g/mol. The number of pyridine rings is 1. The van der Waals surface area contributed by atoms with Crippen LogP contribution in [0.2, 0.25) is 0 Å². The van der Waals surface area contributed by atoms with E-state index in [4.69, 9.17) is 9.47 Å². The second-order valence-corrected chi connectivity index (χ2v) is 3.54. The first-order chi connectivity index (χ1) is 9.10. The van der Waals surface area contributed by atoms with Crippen LogP contribution in [0.1, 0.15) is 10.4 Å². The van der Waals surface area contributed by atoms with E-state index < -0.39 is 17.9 Å². The summed E-state index contributed by atoms with van der Waals surface area (Å²) in [5.74, 6) is -2.58. The molecule has 0 aliphatic heterocycles. The average Bonchev–Trinajstić information content (AvgIpc) is 2.38. The Balaban J connectivity index is 2.25. The summed E-state index contributed by atoms with van der Waals surface area (Å²) in [5.41, 5.74) is -0.268. The molecule has 98 valence electrons. The van der Waals surface area contributed by atoms with Crippen LogP contribution in [0.5, 0.6) is 11.5 Å². The summed E-state index contributed by atoms with van der Waals surface area (Å²) in [5, 5.41) is 0. The number of carbonyl (C=O) groups excluding carboxylic acids is 1. The van der Waals surface area contributed by atoms with Gasteiger partial charge in [-0.05, 0) is 12.1 Å². The molecule has 19 heavy (non-hydrogen) atoms. The molecule has 0 N–H and O–H groups in total. The molecule has 2 aromatic rings. The van der Waals surface area contributed by atoms with Crippen molar-refractivity contribution in [3.05, 3.63) is 53.9 Å². The van der Waals surface area contributed by atoms with E-state index in [2.05, 4.69) is 4.98 Å². The lowest BCUT2D eigenvalue weighted by Gasteiger charge is -2.08. The third kappa shape index (κ3) is 3.04. The van der Waals surface area contributed by atoms with Gasteiger partial charge in [-0.3, -0.25) is 0 Å². The first-order valence-electron chi connectivity index (χ1n) is 5.28. The molecule has 2 rings (SSSR count). The minimum absolute atomic E-state index is 0.160. The van der Waals surface area contributed by atoms with E-state index in [1.54, 1.807) is 18.2 Å². The Bertz CT molecular complexity index is 596. The number of halogens is 2. The average molecular weight is 265 g/mol. The molecule has 0 atom stereocenters. The fourth-order valence-corrected chi connectivity index (χ4v) is 1.44. The van der Waals surface area contributed by atoms with E-state index in [-0.39, 0.29) is 11.3 Å². The molecule has 0 aliphatic rings. The van der Waals surface area contributed by atoms with Crippen molar-refractivity contribution in [2.45, 2.75) is 0 Å². The number of para-hydroxylation sites is 2. The van der Waals surface area contributed by atoms with Gasteiger partial charge >= 0.3 is 5.97 Å². The first kappa shape index (κ1) is 12.9. The predicted molar refractivity (Wildman–Crippen MR) is 62.1 cm³/mol. The number of hydrogen-bond donors (Lipinski definition) is 0. The van der Waals surface area contributed by atoms with Gasteiger partial charge in [-0.2, -0.15) is 13.8 Å². The summed E-state index contributed by atoms with van der Waals surface area (Å²) < 4.78 is 35.8. The largest absolute Gasteiger partial charge is 0.493 e. The van der Waals surface area contributed by atoms with Crippen LogP contribution in [0.25, 0.3) is 0 Å². The summed E-state index contributed by atoms with van der Waals surface area (Å²) in [6.07, 6.45) is 0. The molecule has 1 aromatic carbocycles. The third-order valence-electron chi connectivity index (χ3n) is 2.27. The number of carbonyl (C=O) groups is 1. The zero-order chi connectivity index (χ0) is 13.8. The van der Waals surface area contributed by atoms with Crippen molar-refractivity contribution in [1.29, 1.82) is 0 Å². The number of methoxy groups -OCH3 is 1. The summed E-state index contributed by atoms with van der Waals surface area (Å²) in [6.45, 7) is 0. The number of aromatic nitrogens is 1. The van der Waals surface area contributed by atoms with Gasteiger partial charge in [0.15, 0.2) is 11.5 Å². The summed E-state index contributed by atoms with van der Waals surface area (Å²) in [6, 6.07) is 8.02. The Hall–Kier alpha value is -2.50. The van der Waals surface area contributed by atoms with Crippen molar-refractivity contribution < 1.29 is 23.0 Å². The van der Waals surface area contributed by atoms with E-state index in [0.29, 0.717) is 5.75 Å². The van der Waals surface area contributed by atoms with E-state index in [1.165, 1.54) is 13.2 Å². The quantitative estimate of drug-likeness (QED) is 0.486. The summed E-state index contributed by atoms with van der Waals surface area (Å²) >= 11 is 0. The number of rotatable bonds is 3. The molecular formula is C13H9F2NO3. The van der Waals surface area contributed by atoms with Gasteiger partial charge in [-0.1, -0.05) is 12.1 Å². The second-order valence-electron chi connectivity index (χ2n) is 3.54. The lowest BCUT2D eigenvalue weighted by molar-refractivity contribution is 0.0728. The Morgan fingerprint density at radius 1 is 1.11 bits per heavy atom. The molecule has 0 bridgehead atoms. The number of benzene rings is 1. The van der Waals surface area contributed by atoms with Crippen LogP contribution in [-0.4, -0.2) is 18.1 Å². The minimum Gasteiger partial charge on any atom is -0.493 e. The normalized spacial score (nSPS) is 10.1. The maximum atomic E-state index is 12.9. The third-order valence-corrected chi connectivity index (χ3v) is 2.27. The van der Waals surface area contributed by atoms with E-state index in [9.17, 15) is 13.6 Å². The zero-order valence-corrected chi connectivity index (χ0v) is 9.89. The molecule has 0 amide bonds. The van der Waals surface area contributed by atoms with Crippen molar-refractivity contribution in [3.8, 4) is 11.5 Å². The van der Waals surface area contributed by atoms with Crippen molar-refractivity contribution in [2.75, 3.05) is 7.11 Å². The Kier molecular flexibility index (Phi) is 3.70. The molecule has 4 nitrogen and oxygen atoms in total. The molecule has 0 saturated heterocycles. The Morgan fingerprint density at radius 2 is 1.68 bits per heavy atom. The standard InChI is InChI=1S/C13H9F2NO3/c1-18-9-4-2-3-5-10(9)19-13(17)8-6-11(14)16-12(15)7-8/h2-7H,1H3. The highest BCUT2D eigenvalue weighted by Gasteiger charge is 2.14. The van der Waals surface area contributed by atoms with Crippen LogP contribution in [0.15, 0.2) is 36.4 Å². The molecule has 0 fully saturated rings. The highest BCUT2D eigenvalue weighted by atomic mass is 19.1. The first-order valence-corrected chi connectivity index (χ1v) is 5.28. The van der Waals surface area contributed by atoms with Gasteiger partial charge in [0.25, 0.3) is 0 Å². The predicted octanol–water partition coefficient (Wildman–Crippen LogP) is 2.59. The fourth-order valence-electron chi connectivity index (χ4n) is 1.44. The minimum atomic E-state index is -1.09. The number of esters is 1. The van der Waals surface area contributed by atoms with Gasteiger partial charge in [-0.25, -0.2) is 4.79 Å². The monoisotopic (exact) mass is 265 g/mol. The number of hydrogen-bond acceptors (Lipinski definition) is 4. The zero-order valence-electron chi connectivity index (χ0n) is 9.89. The maximum absolute atomic E-state index is 12.9. The van der Waals surface area contributed by atoms with Crippen LogP contribution in [0.4, 0.5) is 8.78 Å². The molecule has 0 radical (unpaired) electrons. The Morgan fingerprint density at radius 3 is 2.26 bits per heavy atom. The summed E-state index contributed by atoms with van der Waals surface area (Å²) in [4.78, 5) is 14.6. The highest BCUT2D eigenvalue weighted by molar-refractivity contribution is 5.91. The lowest BCUT2D eigenvalue weighted by atomic mass is 10.2. The van der Waals surface area contributed by atoms with Gasteiger partial charge in [0.2, 0.25) is 11.9 Å². The van der Waals surface area contributed by atoms with Crippen LogP contribution in [0.3, 0.4) is 0 Å². The Labute approximate surface area is 107 Å². The second kappa shape index (κ2) is 5.43. The molecule has 1 heterocycles. The SMILES string of the molecule is COc1ccccc1OC(=O)c1cc(F)nc(F)c1. The van der Waals surface area contributed by atoms with Gasteiger partial charge in [0.05, 0.1) is 12.7 Å². The topological polar surface area (TPSA) is 48.4 Å². The van der Waals surface area contributed by atoms with Crippen molar-refractivity contribution >= 4 is 5.97 Å². The molecule has 0 saturated carbocycles. The van der Waals surface area contributed by atoms with Crippen LogP contribution in [0, 0.1) is 11.9 Å².